The standard InChI is InChI=1S/C20H23ClN2O3/c1-25-18-9-15-7-8-23(12-16(15)10-19(18)26-2)13-20(24)22-11-14-3-5-17(21)6-4-14/h3-6,9-10H,7-8,11-13H2,1-2H3,(H,22,24)/p+1. The van der Waals surface area contributed by atoms with Crippen molar-refractivity contribution in [2.24, 2.45) is 0 Å². The largest absolute Gasteiger partial charge is 0.493 e. The molecule has 5 nitrogen and oxygen atoms in total. The minimum atomic E-state index is 0.0545. The van der Waals surface area contributed by atoms with Crippen LogP contribution in [0.25, 0.3) is 0 Å². The van der Waals surface area contributed by atoms with E-state index in [1.54, 1.807) is 14.2 Å². The summed E-state index contributed by atoms with van der Waals surface area (Å²) in [5.41, 5.74) is 3.53. The third kappa shape index (κ3) is 4.48. The molecule has 1 heterocycles. The Morgan fingerprint density at radius 3 is 2.42 bits per heavy atom. The highest BCUT2D eigenvalue weighted by molar-refractivity contribution is 6.30. The average molecular weight is 376 g/mol. The molecular weight excluding hydrogens is 352 g/mol. The Bertz CT molecular complexity index is 777. The van der Waals surface area contributed by atoms with Crippen LogP contribution >= 0.6 is 11.6 Å². The average Bonchev–Trinajstić information content (AvgIpc) is 2.66. The second-order valence-electron chi connectivity index (χ2n) is 6.48. The van der Waals surface area contributed by atoms with Crippen LogP contribution in [0.4, 0.5) is 0 Å². The summed E-state index contributed by atoms with van der Waals surface area (Å²) in [6, 6.07) is 11.6. The minimum absolute atomic E-state index is 0.0545. The first-order chi connectivity index (χ1) is 12.6. The van der Waals surface area contributed by atoms with Crippen LogP contribution in [0.15, 0.2) is 36.4 Å². The molecule has 3 rings (SSSR count). The molecule has 6 heteroatoms. The summed E-state index contributed by atoms with van der Waals surface area (Å²) >= 11 is 5.88. The van der Waals surface area contributed by atoms with Gasteiger partial charge in [0.2, 0.25) is 0 Å². The number of rotatable bonds is 6. The zero-order valence-electron chi connectivity index (χ0n) is 15.1. The Balaban J connectivity index is 1.56. The molecule has 1 aliphatic heterocycles. The zero-order valence-corrected chi connectivity index (χ0v) is 15.9. The lowest BCUT2D eigenvalue weighted by atomic mass is 9.99. The Morgan fingerprint density at radius 1 is 1.12 bits per heavy atom. The number of hydrogen-bond acceptors (Lipinski definition) is 3. The molecule has 1 atom stereocenters. The predicted molar refractivity (Wildman–Crippen MR) is 101 cm³/mol. The fourth-order valence-electron chi connectivity index (χ4n) is 3.27. The third-order valence-electron chi connectivity index (χ3n) is 4.71. The van der Waals surface area contributed by atoms with Crippen molar-refractivity contribution < 1.29 is 19.2 Å². The third-order valence-corrected chi connectivity index (χ3v) is 4.96. The number of carbonyl (C=O) groups excluding carboxylic acids is 1. The van der Waals surface area contributed by atoms with Gasteiger partial charge in [-0.3, -0.25) is 4.79 Å². The van der Waals surface area contributed by atoms with Gasteiger partial charge >= 0.3 is 0 Å². The summed E-state index contributed by atoms with van der Waals surface area (Å²) in [5.74, 6) is 1.55. The number of hydrogen-bond donors (Lipinski definition) is 2. The molecule has 1 amide bonds. The maximum atomic E-state index is 12.3. The molecule has 2 N–H and O–H groups in total. The smallest absolute Gasteiger partial charge is 0.275 e. The van der Waals surface area contributed by atoms with Gasteiger partial charge in [0.15, 0.2) is 18.0 Å². The molecule has 0 radical (unpaired) electrons. The minimum Gasteiger partial charge on any atom is -0.493 e. The highest BCUT2D eigenvalue weighted by Gasteiger charge is 2.23. The first-order valence-corrected chi connectivity index (χ1v) is 9.05. The van der Waals surface area contributed by atoms with Crippen molar-refractivity contribution in [3.8, 4) is 11.5 Å². The second-order valence-corrected chi connectivity index (χ2v) is 6.92. The summed E-state index contributed by atoms with van der Waals surface area (Å²) < 4.78 is 10.8. The number of benzene rings is 2. The highest BCUT2D eigenvalue weighted by atomic mass is 35.5. The second kappa shape index (κ2) is 8.43. The van der Waals surface area contributed by atoms with Gasteiger partial charge in [-0.2, -0.15) is 0 Å². The van der Waals surface area contributed by atoms with E-state index in [9.17, 15) is 4.79 Å². The molecule has 0 spiro atoms. The maximum absolute atomic E-state index is 12.3. The van der Waals surface area contributed by atoms with E-state index >= 15 is 0 Å². The molecule has 0 aliphatic carbocycles. The number of amides is 1. The van der Waals surface area contributed by atoms with Gasteiger partial charge in [0.1, 0.15) is 6.54 Å². The number of methoxy groups -OCH3 is 2. The van der Waals surface area contributed by atoms with Crippen LogP contribution in [0.2, 0.25) is 5.02 Å². The molecule has 2 aromatic carbocycles. The van der Waals surface area contributed by atoms with Crippen LogP contribution in [0.1, 0.15) is 16.7 Å². The molecule has 1 aliphatic rings. The van der Waals surface area contributed by atoms with Crippen molar-refractivity contribution in [3.05, 3.63) is 58.1 Å². The number of fused-ring (bicyclic) bond motifs is 1. The lowest BCUT2D eigenvalue weighted by Crippen LogP contribution is -3.12. The van der Waals surface area contributed by atoms with Crippen LogP contribution in [0.5, 0.6) is 11.5 Å². The van der Waals surface area contributed by atoms with Crippen molar-refractivity contribution in [1.29, 1.82) is 0 Å². The van der Waals surface area contributed by atoms with E-state index in [1.165, 1.54) is 16.0 Å². The zero-order chi connectivity index (χ0) is 18.5. The van der Waals surface area contributed by atoms with Gasteiger partial charge < -0.3 is 19.7 Å². The van der Waals surface area contributed by atoms with Crippen LogP contribution in [-0.2, 0) is 24.3 Å². The first-order valence-electron chi connectivity index (χ1n) is 8.67. The summed E-state index contributed by atoms with van der Waals surface area (Å²) in [5, 5.41) is 3.68. The van der Waals surface area contributed by atoms with E-state index in [0.29, 0.717) is 18.1 Å². The molecule has 26 heavy (non-hydrogen) atoms. The number of halogens is 1. The Kier molecular flexibility index (Phi) is 6.01. The quantitative estimate of drug-likeness (QED) is 0.806. The number of ether oxygens (including phenoxy) is 2. The van der Waals surface area contributed by atoms with E-state index in [4.69, 9.17) is 21.1 Å². The van der Waals surface area contributed by atoms with E-state index in [0.717, 1.165) is 36.6 Å². The number of nitrogens with one attached hydrogen (secondary N) is 2. The molecule has 1 unspecified atom stereocenters. The molecule has 2 aromatic rings. The normalized spacial score (nSPS) is 15.9. The molecular formula is C20H24ClN2O3+. The van der Waals surface area contributed by atoms with Gasteiger partial charge in [-0.1, -0.05) is 23.7 Å². The summed E-state index contributed by atoms with van der Waals surface area (Å²) in [4.78, 5) is 13.5. The summed E-state index contributed by atoms with van der Waals surface area (Å²) in [6.45, 7) is 2.72. The van der Waals surface area contributed by atoms with Gasteiger partial charge in [-0.05, 0) is 35.4 Å². The maximum Gasteiger partial charge on any atom is 0.275 e. The van der Waals surface area contributed by atoms with Gasteiger partial charge in [0.05, 0.1) is 20.8 Å². The van der Waals surface area contributed by atoms with Gasteiger partial charge in [0.25, 0.3) is 5.91 Å². The lowest BCUT2D eigenvalue weighted by molar-refractivity contribution is -0.908. The fraction of sp³-hybridized carbons (Fsp3) is 0.350. The molecule has 0 fully saturated rings. The van der Waals surface area contributed by atoms with Gasteiger partial charge in [0, 0.05) is 23.6 Å². The Hall–Kier alpha value is -2.24. The summed E-state index contributed by atoms with van der Waals surface area (Å²) in [6.07, 6.45) is 0.926. The molecule has 0 saturated carbocycles. The van der Waals surface area contributed by atoms with Crippen LogP contribution in [0, 0.1) is 0 Å². The molecule has 138 valence electrons. The predicted octanol–water partition coefficient (Wildman–Crippen LogP) is 1.61. The van der Waals surface area contributed by atoms with E-state index in [2.05, 4.69) is 5.32 Å². The monoisotopic (exact) mass is 375 g/mol. The van der Waals surface area contributed by atoms with Crippen LogP contribution < -0.4 is 19.7 Å². The Labute approximate surface area is 158 Å². The Morgan fingerprint density at radius 2 is 1.77 bits per heavy atom. The van der Waals surface area contributed by atoms with Crippen molar-refractivity contribution in [2.75, 3.05) is 27.3 Å². The summed E-state index contributed by atoms with van der Waals surface area (Å²) in [7, 11) is 3.29. The highest BCUT2D eigenvalue weighted by Crippen LogP contribution is 2.31. The molecule has 0 bridgehead atoms. The van der Waals surface area contributed by atoms with Crippen LogP contribution in [0.3, 0.4) is 0 Å². The van der Waals surface area contributed by atoms with Gasteiger partial charge in [-0.25, -0.2) is 0 Å². The van der Waals surface area contributed by atoms with Crippen molar-refractivity contribution in [1.82, 2.24) is 5.32 Å². The first kappa shape index (κ1) is 18.5. The van der Waals surface area contributed by atoms with E-state index in [1.807, 2.05) is 36.4 Å². The molecule has 0 saturated heterocycles. The van der Waals surface area contributed by atoms with Crippen molar-refractivity contribution >= 4 is 17.5 Å². The van der Waals surface area contributed by atoms with Crippen molar-refractivity contribution in [3.63, 3.8) is 0 Å². The van der Waals surface area contributed by atoms with Gasteiger partial charge in [-0.15, -0.1) is 0 Å². The topological polar surface area (TPSA) is 52.0 Å². The van der Waals surface area contributed by atoms with E-state index in [-0.39, 0.29) is 5.91 Å². The number of quaternary nitrogens is 1. The van der Waals surface area contributed by atoms with Crippen LogP contribution in [-0.4, -0.2) is 33.2 Å². The molecule has 0 aromatic heterocycles. The number of carbonyl (C=O) groups is 1. The SMILES string of the molecule is COc1cc2c(cc1OC)C[NH+](CC(=O)NCc1ccc(Cl)cc1)CC2. The van der Waals surface area contributed by atoms with E-state index < -0.39 is 0 Å². The lowest BCUT2D eigenvalue weighted by Gasteiger charge is -2.26. The van der Waals surface area contributed by atoms with Crippen molar-refractivity contribution in [2.45, 2.75) is 19.5 Å². The fourth-order valence-corrected chi connectivity index (χ4v) is 3.40.